The lowest BCUT2D eigenvalue weighted by Gasteiger charge is -2.20. The van der Waals surface area contributed by atoms with Gasteiger partial charge < -0.3 is 5.11 Å². The van der Waals surface area contributed by atoms with Crippen molar-refractivity contribution >= 4 is 69.7 Å². The maximum absolute atomic E-state index is 11.0. The minimum atomic E-state index is -0.721. The second-order valence-corrected chi connectivity index (χ2v) is 12.0. The Kier molecular flexibility index (Phi) is 3.85. The molecule has 1 aliphatic rings. The van der Waals surface area contributed by atoms with E-state index >= 15 is 0 Å². The zero-order valence-electron chi connectivity index (χ0n) is 7.60. The number of hydrogen-bond donors (Lipinski definition) is 1. The number of hydrogen-bond acceptors (Lipinski definition) is 1. The molecule has 1 saturated carbocycles. The van der Waals surface area contributed by atoms with Crippen molar-refractivity contribution in [3.05, 3.63) is 0 Å². The summed E-state index contributed by atoms with van der Waals surface area (Å²) in [7, 11) is 0. The highest BCUT2D eigenvalue weighted by Gasteiger charge is 2.66. The second kappa shape index (κ2) is 4.00. The Bertz CT molecular complexity index is 259. The topological polar surface area (TPSA) is 37.3 Å². The highest BCUT2D eigenvalue weighted by molar-refractivity contribution is 9.40. The van der Waals surface area contributed by atoms with Crippen LogP contribution in [0.3, 0.4) is 0 Å². The van der Waals surface area contributed by atoms with Crippen molar-refractivity contribution in [2.75, 3.05) is 0 Å². The van der Waals surface area contributed by atoms with Crippen LogP contribution in [0.15, 0.2) is 0 Å². The molecule has 1 N–H and O–H groups in total. The smallest absolute Gasteiger partial charge is 0.307 e. The standard InChI is InChI=1S/C8H10Br4O2/c1-7(2)3(4(7)6(13)14)5(9)8(10,11)12/h3-5H,1-2H3,(H,13,14)/t3-,4?,5?/m1/s1. The molecule has 1 aliphatic carbocycles. The minimum Gasteiger partial charge on any atom is -0.481 e. The quantitative estimate of drug-likeness (QED) is 0.638. The summed E-state index contributed by atoms with van der Waals surface area (Å²) in [6, 6.07) is 0. The average Bonchev–Trinajstić information content (AvgIpc) is 2.49. The van der Waals surface area contributed by atoms with Crippen molar-refractivity contribution in [2.45, 2.75) is 20.8 Å². The van der Waals surface area contributed by atoms with Crippen LogP contribution in [0.2, 0.25) is 0 Å². The maximum atomic E-state index is 11.0. The third-order valence-electron chi connectivity index (χ3n) is 2.80. The Balaban J connectivity index is 2.79. The molecule has 6 heteroatoms. The van der Waals surface area contributed by atoms with Crippen LogP contribution in [0.25, 0.3) is 0 Å². The van der Waals surface area contributed by atoms with Gasteiger partial charge in [0.05, 0.1) is 10.7 Å². The van der Waals surface area contributed by atoms with Gasteiger partial charge in [-0.05, 0) is 11.3 Å². The third-order valence-corrected chi connectivity index (χ3v) is 7.38. The predicted octanol–water partition coefficient (Wildman–Crippen LogP) is 3.95. The van der Waals surface area contributed by atoms with Gasteiger partial charge in [-0.2, -0.15) is 0 Å². The van der Waals surface area contributed by atoms with Crippen LogP contribution in [0.4, 0.5) is 0 Å². The van der Waals surface area contributed by atoms with Gasteiger partial charge in [0.2, 0.25) is 0 Å². The monoisotopic (exact) mass is 454 g/mol. The Morgan fingerprint density at radius 2 is 1.86 bits per heavy atom. The van der Waals surface area contributed by atoms with Crippen LogP contribution in [0.5, 0.6) is 0 Å². The molecule has 0 aliphatic heterocycles. The van der Waals surface area contributed by atoms with Crippen molar-refractivity contribution < 1.29 is 9.90 Å². The van der Waals surface area contributed by atoms with Gasteiger partial charge in [-0.15, -0.1) is 0 Å². The van der Waals surface area contributed by atoms with E-state index < -0.39 is 8.11 Å². The fraction of sp³-hybridized carbons (Fsp3) is 0.875. The van der Waals surface area contributed by atoms with Crippen molar-refractivity contribution in [1.29, 1.82) is 0 Å². The molecule has 2 nitrogen and oxygen atoms in total. The van der Waals surface area contributed by atoms with E-state index in [0.29, 0.717) is 0 Å². The van der Waals surface area contributed by atoms with E-state index in [1.807, 2.05) is 13.8 Å². The van der Waals surface area contributed by atoms with E-state index in [1.54, 1.807) is 0 Å². The second-order valence-electron chi connectivity index (χ2n) is 4.11. The van der Waals surface area contributed by atoms with Gasteiger partial charge in [0.1, 0.15) is 2.14 Å². The predicted molar refractivity (Wildman–Crippen MR) is 70.6 cm³/mol. The first-order valence-corrected chi connectivity index (χ1v) is 7.33. The van der Waals surface area contributed by atoms with E-state index in [2.05, 4.69) is 63.7 Å². The van der Waals surface area contributed by atoms with E-state index in [0.717, 1.165) is 0 Å². The van der Waals surface area contributed by atoms with Crippen LogP contribution in [0, 0.1) is 17.3 Å². The number of alkyl halides is 4. The summed E-state index contributed by atoms with van der Waals surface area (Å²) >= 11 is 13.7. The lowest BCUT2D eigenvalue weighted by atomic mass is 10.1. The molecular formula is C8H10Br4O2. The summed E-state index contributed by atoms with van der Waals surface area (Å²) in [5, 5.41) is 9.01. The Labute approximate surface area is 117 Å². The van der Waals surface area contributed by atoms with Gasteiger partial charge >= 0.3 is 5.97 Å². The first-order chi connectivity index (χ1) is 6.10. The van der Waals surface area contributed by atoms with Crippen molar-refractivity contribution in [2.24, 2.45) is 17.3 Å². The number of rotatable bonds is 2. The highest BCUT2D eigenvalue weighted by Crippen LogP contribution is 2.65. The van der Waals surface area contributed by atoms with Gasteiger partial charge in [0.25, 0.3) is 0 Å². The summed E-state index contributed by atoms with van der Waals surface area (Å²) in [6.07, 6.45) is 0. The van der Waals surface area contributed by atoms with Gasteiger partial charge in [-0.3, -0.25) is 4.79 Å². The van der Waals surface area contributed by atoms with Crippen molar-refractivity contribution in [3.8, 4) is 0 Å². The zero-order chi connectivity index (χ0) is 11.3. The van der Waals surface area contributed by atoms with Crippen LogP contribution < -0.4 is 0 Å². The first-order valence-electron chi connectivity index (χ1n) is 4.03. The van der Waals surface area contributed by atoms with Gasteiger partial charge in [0.15, 0.2) is 0 Å². The molecule has 0 heterocycles. The van der Waals surface area contributed by atoms with E-state index in [4.69, 9.17) is 5.11 Å². The van der Waals surface area contributed by atoms with Crippen LogP contribution in [-0.2, 0) is 4.79 Å². The van der Waals surface area contributed by atoms with Gasteiger partial charge in [-0.25, -0.2) is 0 Å². The van der Waals surface area contributed by atoms with E-state index in [-0.39, 0.29) is 22.1 Å². The summed E-state index contributed by atoms with van der Waals surface area (Å²) in [5.41, 5.74) is -0.152. The fourth-order valence-electron chi connectivity index (χ4n) is 1.90. The largest absolute Gasteiger partial charge is 0.481 e. The van der Waals surface area contributed by atoms with Crippen molar-refractivity contribution in [3.63, 3.8) is 0 Å². The molecule has 1 fully saturated rings. The molecule has 3 atom stereocenters. The normalized spacial score (nSPS) is 32.4. The fourth-order valence-corrected chi connectivity index (χ4v) is 3.74. The lowest BCUT2D eigenvalue weighted by Crippen LogP contribution is -2.22. The first kappa shape index (κ1) is 13.5. The SMILES string of the molecule is CC1(C)C(C(=O)O)[C@@H]1C(Br)C(Br)(Br)Br. The van der Waals surface area contributed by atoms with Gasteiger partial charge in [-0.1, -0.05) is 77.6 Å². The molecule has 0 bridgehead atoms. The molecule has 0 aromatic heterocycles. The summed E-state index contributed by atoms with van der Waals surface area (Å²) in [5.74, 6) is -0.891. The molecule has 0 saturated heterocycles. The highest BCUT2D eigenvalue weighted by atomic mass is 80.0. The Morgan fingerprint density at radius 3 is 2.07 bits per heavy atom. The minimum absolute atomic E-state index is 0.0195. The van der Waals surface area contributed by atoms with E-state index in [9.17, 15) is 4.79 Å². The molecule has 0 radical (unpaired) electrons. The molecule has 82 valence electrons. The molecule has 0 aromatic rings. The zero-order valence-corrected chi connectivity index (χ0v) is 13.9. The molecule has 0 aromatic carbocycles. The van der Waals surface area contributed by atoms with Crippen molar-refractivity contribution in [1.82, 2.24) is 0 Å². The Hall–Kier alpha value is 1.39. The number of halogens is 4. The molecular weight excluding hydrogens is 448 g/mol. The summed E-state index contributed by atoms with van der Waals surface area (Å²) in [4.78, 5) is 11.0. The number of carboxylic acids is 1. The number of carbonyl (C=O) groups is 1. The number of carboxylic acid groups (broad SMARTS) is 1. The molecule has 1 rings (SSSR count). The summed E-state index contributed by atoms with van der Waals surface area (Å²) < 4.78 is -0.445. The molecule has 0 spiro atoms. The molecule has 0 amide bonds. The number of aliphatic carboxylic acids is 1. The maximum Gasteiger partial charge on any atom is 0.307 e. The summed E-state index contributed by atoms with van der Waals surface area (Å²) in [6.45, 7) is 3.95. The Morgan fingerprint density at radius 1 is 1.43 bits per heavy atom. The van der Waals surface area contributed by atoms with Crippen LogP contribution in [0.1, 0.15) is 13.8 Å². The van der Waals surface area contributed by atoms with Crippen LogP contribution >= 0.6 is 63.7 Å². The average molecular weight is 458 g/mol. The lowest BCUT2D eigenvalue weighted by molar-refractivity contribution is -0.139. The van der Waals surface area contributed by atoms with Crippen LogP contribution in [-0.4, -0.2) is 18.0 Å². The van der Waals surface area contributed by atoms with E-state index in [1.165, 1.54) is 0 Å². The molecule has 14 heavy (non-hydrogen) atoms. The van der Waals surface area contributed by atoms with Gasteiger partial charge in [0, 0.05) is 0 Å². The molecule has 2 unspecified atom stereocenters. The third kappa shape index (κ3) is 2.38.